The second-order valence-electron chi connectivity index (χ2n) is 6.04. The summed E-state index contributed by atoms with van der Waals surface area (Å²) in [5, 5.41) is 6.02. The lowest BCUT2D eigenvalue weighted by atomic mass is 10.00. The first-order valence-corrected chi connectivity index (χ1v) is 8.05. The summed E-state index contributed by atoms with van der Waals surface area (Å²) in [5.41, 5.74) is 2.61. The number of urea groups is 1. The number of anilines is 1. The third-order valence-electron chi connectivity index (χ3n) is 4.49. The minimum Gasteiger partial charge on any atom is -0.345 e. The Morgan fingerprint density at radius 2 is 2.05 bits per heavy atom. The third kappa shape index (κ3) is 1.81. The smallest absolute Gasteiger partial charge is 0.322 e. The summed E-state index contributed by atoms with van der Waals surface area (Å²) in [6.07, 6.45) is 0.610. The maximum atomic E-state index is 12.0. The number of rotatable bonds is 1. The molecule has 1 spiro atoms. The maximum absolute atomic E-state index is 12.0. The number of carbonyl (C=O) groups is 2. The van der Waals surface area contributed by atoms with Crippen molar-refractivity contribution in [1.82, 2.24) is 15.6 Å². The van der Waals surface area contributed by atoms with Gasteiger partial charge in [-0.15, -0.1) is 0 Å². The van der Waals surface area contributed by atoms with Crippen LogP contribution in [0.3, 0.4) is 0 Å². The average Bonchev–Trinajstić information content (AvgIpc) is 3.14. The summed E-state index contributed by atoms with van der Waals surface area (Å²) < 4.78 is 1.19. The summed E-state index contributed by atoms with van der Waals surface area (Å²) in [5.74, 6) is -0.228. The van der Waals surface area contributed by atoms with Gasteiger partial charge in [0, 0.05) is 6.54 Å². The second-order valence-corrected chi connectivity index (χ2v) is 7.01. The van der Waals surface area contributed by atoms with Crippen LogP contribution in [0.15, 0.2) is 12.1 Å². The summed E-state index contributed by atoms with van der Waals surface area (Å²) in [6, 6.07) is 3.79. The van der Waals surface area contributed by atoms with Crippen molar-refractivity contribution in [2.24, 2.45) is 0 Å². The fraction of sp³-hybridized carbons (Fsp3) is 0.400. The number of thiazole rings is 1. The van der Waals surface area contributed by atoms with Gasteiger partial charge in [-0.3, -0.25) is 10.1 Å². The number of hydrogen-bond acceptors (Lipinski definition) is 5. The lowest BCUT2D eigenvalue weighted by molar-refractivity contribution is -0.123. The Bertz CT molecular complexity index is 776. The first-order chi connectivity index (χ1) is 10.5. The number of nitrogens with one attached hydrogen (secondary N) is 2. The molecule has 7 heteroatoms. The minimum atomic E-state index is -0.793. The molecule has 1 aromatic carbocycles. The molecule has 1 atom stereocenters. The molecule has 0 saturated carbocycles. The van der Waals surface area contributed by atoms with Crippen molar-refractivity contribution in [3.05, 3.63) is 23.3 Å². The van der Waals surface area contributed by atoms with E-state index in [1.165, 1.54) is 10.3 Å². The summed E-state index contributed by atoms with van der Waals surface area (Å²) >= 11 is 1.65. The molecule has 3 heterocycles. The maximum Gasteiger partial charge on any atom is 0.322 e. The quantitative estimate of drug-likeness (QED) is 0.785. The molecule has 4 rings (SSSR count). The molecular weight excluding hydrogens is 300 g/mol. The lowest BCUT2D eigenvalue weighted by Gasteiger charge is -2.20. The molecule has 2 saturated heterocycles. The van der Waals surface area contributed by atoms with E-state index in [0.717, 1.165) is 16.2 Å². The zero-order valence-electron chi connectivity index (χ0n) is 12.4. The highest BCUT2D eigenvalue weighted by atomic mass is 32.1. The van der Waals surface area contributed by atoms with Gasteiger partial charge < -0.3 is 10.2 Å². The molecule has 2 N–H and O–H groups in total. The van der Waals surface area contributed by atoms with Gasteiger partial charge in [-0.05, 0) is 31.4 Å². The fourth-order valence-electron chi connectivity index (χ4n) is 3.17. The number of hydrogen-bond donors (Lipinski definition) is 2. The molecule has 1 aromatic heterocycles. The van der Waals surface area contributed by atoms with Gasteiger partial charge in [-0.1, -0.05) is 23.5 Å². The van der Waals surface area contributed by atoms with Crippen molar-refractivity contribution in [2.75, 3.05) is 18.0 Å². The van der Waals surface area contributed by atoms with Crippen LogP contribution in [0.4, 0.5) is 9.93 Å². The summed E-state index contributed by atoms with van der Waals surface area (Å²) in [4.78, 5) is 30.3. The Morgan fingerprint density at radius 1 is 1.27 bits per heavy atom. The molecule has 3 amide bonds. The average molecular weight is 316 g/mol. The van der Waals surface area contributed by atoms with E-state index in [9.17, 15) is 9.59 Å². The highest BCUT2D eigenvalue weighted by molar-refractivity contribution is 7.22. The van der Waals surface area contributed by atoms with Crippen molar-refractivity contribution < 1.29 is 9.59 Å². The Morgan fingerprint density at radius 3 is 2.73 bits per heavy atom. The third-order valence-corrected chi connectivity index (χ3v) is 5.74. The number of benzene rings is 1. The topological polar surface area (TPSA) is 74.3 Å². The predicted octanol–water partition coefficient (Wildman–Crippen LogP) is 1.70. The van der Waals surface area contributed by atoms with Crippen molar-refractivity contribution >= 4 is 38.6 Å². The van der Waals surface area contributed by atoms with Gasteiger partial charge >= 0.3 is 6.03 Å². The van der Waals surface area contributed by atoms with Gasteiger partial charge in [-0.2, -0.15) is 0 Å². The van der Waals surface area contributed by atoms with Crippen LogP contribution in [0.1, 0.15) is 17.5 Å². The SMILES string of the molecule is Cc1ccc(C)c2sc(N3CCC4(C3)NC(=O)NC4=O)nc12. The van der Waals surface area contributed by atoms with Crippen LogP contribution >= 0.6 is 11.3 Å². The van der Waals surface area contributed by atoms with Crippen molar-refractivity contribution in [3.8, 4) is 0 Å². The molecule has 2 fully saturated rings. The molecular formula is C15H16N4O2S. The van der Waals surface area contributed by atoms with Gasteiger partial charge in [0.2, 0.25) is 0 Å². The molecule has 6 nitrogen and oxygen atoms in total. The van der Waals surface area contributed by atoms with E-state index >= 15 is 0 Å². The van der Waals surface area contributed by atoms with Gasteiger partial charge in [0.1, 0.15) is 5.54 Å². The Hall–Kier alpha value is -2.15. The standard InChI is InChI=1S/C15H16N4O2S/c1-8-3-4-9(2)11-10(8)16-14(22-11)19-6-5-15(7-19)12(20)17-13(21)18-15/h3-4H,5-7H2,1-2H3,(H2,17,18,20,21). The molecule has 2 aliphatic rings. The fourth-order valence-corrected chi connectivity index (χ4v) is 4.31. The minimum absolute atomic E-state index is 0.228. The highest BCUT2D eigenvalue weighted by Crippen LogP contribution is 2.36. The number of aromatic nitrogens is 1. The van der Waals surface area contributed by atoms with Crippen molar-refractivity contribution in [1.29, 1.82) is 0 Å². The van der Waals surface area contributed by atoms with Gasteiger partial charge in [0.05, 0.1) is 16.8 Å². The lowest BCUT2D eigenvalue weighted by Crippen LogP contribution is -2.49. The van der Waals surface area contributed by atoms with Gasteiger partial charge in [0.15, 0.2) is 5.13 Å². The number of carbonyl (C=O) groups excluding carboxylic acids is 2. The molecule has 22 heavy (non-hydrogen) atoms. The van der Waals surface area contributed by atoms with Crippen molar-refractivity contribution in [2.45, 2.75) is 25.8 Å². The van der Waals surface area contributed by atoms with E-state index in [2.05, 4.69) is 41.5 Å². The van der Waals surface area contributed by atoms with E-state index in [1.807, 2.05) is 0 Å². The van der Waals surface area contributed by atoms with E-state index in [1.54, 1.807) is 11.3 Å². The highest BCUT2D eigenvalue weighted by Gasteiger charge is 2.51. The number of amides is 3. The molecule has 0 radical (unpaired) electrons. The molecule has 2 aliphatic heterocycles. The van der Waals surface area contributed by atoms with Crippen molar-refractivity contribution in [3.63, 3.8) is 0 Å². The molecule has 114 valence electrons. The van der Waals surface area contributed by atoms with Crippen LogP contribution in [-0.4, -0.2) is 35.6 Å². The summed E-state index contributed by atoms with van der Waals surface area (Å²) in [6.45, 7) is 5.33. The molecule has 0 bridgehead atoms. The molecule has 0 aliphatic carbocycles. The molecule has 2 aromatic rings. The van der Waals surface area contributed by atoms with E-state index in [0.29, 0.717) is 19.5 Å². The predicted molar refractivity (Wildman–Crippen MR) is 85.3 cm³/mol. The monoisotopic (exact) mass is 316 g/mol. The largest absolute Gasteiger partial charge is 0.345 e. The number of fused-ring (bicyclic) bond motifs is 1. The second kappa shape index (κ2) is 4.42. The zero-order chi connectivity index (χ0) is 15.5. The molecule has 1 unspecified atom stereocenters. The number of imide groups is 1. The Balaban J connectivity index is 1.69. The van der Waals surface area contributed by atoms with Crippen LogP contribution in [0.2, 0.25) is 0 Å². The van der Waals surface area contributed by atoms with Crippen LogP contribution < -0.4 is 15.5 Å². The first kappa shape index (κ1) is 13.5. The van der Waals surface area contributed by atoms with Crippen LogP contribution in [-0.2, 0) is 4.79 Å². The van der Waals surface area contributed by atoms with Crippen LogP contribution in [0, 0.1) is 13.8 Å². The van der Waals surface area contributed by atoms with E-state index < -0.39 is 11.6 Å². The van der Waals surface area contributed by atoms with Crippen LogP contribution in [0.25, 0.3) is 10.2 Å². The summed E-state index contributed by atoms with van der Waals surface area (Å²) in [7, 11) is 0. The number of nitrogens with zero attached hydrogens (tertiary/aromatic N) is 2. The zero-order valence-corrected chi connectivity index (χ0v) is 13.2. The first-order valence-electron chi connectivity index (χ1n) is 7.24. The van der Waals surface area contributed by atoms with Crippen LogP contribution in [0.5, 0.6) is 0 Å². The van der Waals surface area contributed by atoms with Gasteiger partial charge in [0.25, 0.3) is 5.91 Å². The Kier molecular flexibility index (Phi) is 2.72. The van der Waals surface area contributed by atoms with Gasteiger partial charge in [-0.25, -0.2) is 9.78 Å². The van der Waals surface area contributed by atoms with E-state index in [4.69, 9.17) is 4.98 Å². The Labute approximate surface area is 131 Å². The van der Waals surface area contributed by atoms with E-state index in [-0.39, 0.29) is 5.91 Å². The normalized spacial score (nSPS) is 24.4. The number of aryl methyl sites for hydroxylation is 2.